The number of hydrogen-bond donors (Lipinski definition) is 2. The average molecular weight is 164 g/mol. The van der Waals surface area contributed by atoms with Gasteiger partial charge in [-0.25, -0.2) is 0 Å². The van der Waals surface area contributed by atoms with Gasteiger partial charge in [-0.1, -0.05) is 0 Å². The molecule has 2 aliphatic heterocycles. The third-order valence-electron chi connectivity index (χ3n) is 2.62. The van der Waals surface area contributed by atoms with Gasteiger partial charge in [-0.3, -0.25) is 0 Å². The highest BCUT2D eigenvalue weighted by molar-refractivity contribution is 5.85. The Bertz CT molecular complexity index is 112. The Hall–Kier alpha value is 0.210. The predicted molar refractivity (Wildman–Crippen MR) is 42.4 cm³/mol. The predicted octanol–water partition coefficient (Wildman–Crippen LogP) is 0.541. The van der Waals surface area contributed by atoms with Crippen LogP contribution < -0.4 is 5.32 Å². The molecule has 0 unspecified atom stereocenters. The Morgan fingerprint density at radius 3 is 2.30 bits per heavy atom. The van der Waals surface area contributed by atoms with E-state index in [0.29, 0.717) is 12.0 Å². The van der Waals surface area contributed by atoms with Gasteiger partial charge in [-0.05, 0) is 25.2 Å². The van der Waals surface area contributed by atoms with Gasteiger partial charge in [0.25, 0.3) is 0 Å². The molecule has 3 aliphatic rings. The van der Waals surface area contributed by atoms with Crippen LogP contribution in [0.5, 0.6) is 0 Å². The summed E-state index contributed by atoms with van der Waals surface area (Å²) in [6.45, 7) is 1.05. The number of hydrogen-bond acceptors (Lipinski definition) is 2. The fraction of sp³-hybridized carbons (Fsp3) is 1.00. The molecular formula is C7H14ClNO. The summed E-state index contributed by atoms with van der Waals surface area (Å²) in [4.78, 5) is 0. The van der Waals surface area contributed by atoms with Crippen LogP contribution in [0.1, 0.15) is 19.3 Å². The third kappa shape index (κ3) is 1.29. The molecule has 3 fully saturated rings. The second-order valence-corrected chi connectivity index (χ2v) is 3.25. The summed E-state index contributed by atoms with van der Waals surface area (Å²) in [5.74, 6) is 0.565. The fourth-order valence-electron chi connectivity index (χ4n) is 1.95. The smallest absolute Gasteiger partial charge is 0.0595 e. The molecule has 3 rings (SSSR count). The monoisotopic (exact) mass is 163 g/mol. The highest BCUT2D eigenvalue weighted by atomic mass is 35.5. The van der Waals surface area contributed by atoms with E-state index in [1.807, 2.05) is 0 Å². The van der Waals surface area contributed by atoms with E-state index in [2.05, 4.69) is 5.32 Å². The van der Waals surface area contributed by atoms with E-state index in [4.69, 9.17) is 0 Å². The zero-order valence-corrected chi connectivity index (χ0v) is 6.73. The summed E-state index contributed by atoms with van der Waals surface area (Å²) in [6, 6.07) is 0.630. The van der Waals surface area contributed by atoms with Crippen LogP contribution in [0.15, 0.2) is 0 Å². The second-order valence-electron chi connectivity index (χ2n) is 3.25. The van der Waals surface area contributed by atoms with Crippen molar-refractivity contribution in [3.05, 3.63) is 0 Å². The van der Waals surface area contributed by atoms with Crippen LogP contribution >= 0.6 is 12.4 Å². The van der Waals surface area contributed by atoms with Crippen molar-refractivity contribution in [3.8, 4) is 0 Å². The van der Waals surface area contributed by atoms with Crippen molar-refractivity contribution in [3.63, 3.8) is 0 Å². The summed E-state index contributed by atoms with van der Waals surface area (Å²) >= 11 is 0. The minimum absolute atomic E-state index is 0. The third-order valence-corrected chi connectivity index (χ3v) is 2.62. The van der Waals surface area contributed by atoms with Gasteiger partial charge in [0, 0.05) is 12.6 Å². The van der Waals surface area contributed by atoms with Gasteiger partial charge in [0.2, 0.25) is 0 Å². The molecule has 1 saturated carbocycles. The zero-order valence-electron chi connectivity index (χ0n) is 5.92. The molecule has 2 bridgehead atoms. The van der Waals surface area contributed by atoms with Gasteiger partial charge in [0.1, 0.15) is 0 Å². The largest absolute Gasteiger partial charge is 0.393 e. The number of piperidine rings is 2. The molecule has 60 valence electrons. The Labute approximate surface area is 67.4 Å². The standard InChI is InChI=1S/C7H13NO.ClH/c9-7-3-6-2-1-5(7)4-8-6;/h5-9H,1-4H2;1H/t5-,6-,7-;/m0./s1. The lowest BCUT2D eigenvalue weighted by atomic mass is 9.79. The summed E-state index contributed by atoms with van der Waals surface area (Å²) < 4.78 is 0. The van der Waals surface area contributed by atoms with Gasteiger partial charge in [-0.15, -0.1) is 12.4 Å². The first kappa shape index (κ1) is 8.31. The minimum Gasteiger partial charge on any atom is -0.393 e. The van der Waals surface area contributed by atoms with Crippen LogP contribution in [0.4, 0.5) is 0 Å². The van der Waals surface area contributed by atoms with Gasteiger partial charge in [0.05, 0.1) is 6.10 Å². The van der Waals surface area contributed by atoms with E-state index in [9.17, 15) is 5.11 Å². The molecule has 2 saturated heterocycles. The highest BCUT2D eigenvalue weighted by Crippen LogP contribution is 2.28. The van der Waals surface area contributed by atoms with Crippen molar-refractivity contribution >= 4 is 12.4 Å². The molecule has 0 aromatic rings. The summed E-state index contributed by atoms with van der Waals surface area (Å²) in [6.07, 6.45) is 3.51. The molecule has 3 atom stereocenters. The van der Waals surface area contributed by atoms with Crippen LogP contribution in [0.2, 0.25) is 0 Å². The number of fused-ring (bicyclic) bond motifs is 3. The van der Waals surface area contributed by atoms with Crippen molar-refractivity contribution in [2.45, 2.75) is 31.4 Å². The van der Waals surface area contributed by atoms with Gasteiger partial charge < -0.3 is 10.4 Å². The number of aliphatic hydroxyl groups is 1. The van der Waals surface area contributed by atoms with E-state index in [-0.39, 0.29) is 18.5 Å². The molecular weight excluding hydrogens is 150 g/mol. The zero-order chi connectivity index (χ0) is 6.27. The van der Waals surface area contributed by atoms with Crippen LogP contribution in [0, 0.1) is 5.92 Å². The minimum atomic E-state index is 0. The van der Waals surface area contributed by atoms with Crippen molar-refractivity contribution in [1.82, 2.24) is 5.32 Å². The normalized spacial score (nSPS) is 44.7. The Balaban J connectivity index is 0.000000500. The molecule has 10 heavy (non-hydrogen) atoms. The summed E-state index contributed by atoms with van der Waals surface area (Å²) in [5, 5.41) is 12.7. The Kier molecular flexibility index (Phi) is 2.55. The first-order valence-electron chi connectivity index (χ1n) is 3.78. The molecule has 0 spiro atoms. The van der Waals surface area contributed by atoms with E-state index in [1.54, 1.807) is 0 Å². The number of halogens is 1. The van der Waals surface area contributed by atoms with E-state index >= 15 is 0 Å². The molecule has 2 heterocycles. The molecule has 0 aromatic heterocycles. The first-order valence-corrected chi connectivity index (χ1v) is 3.78. The highest BCUT2D eigenvalue weighted by Gasteiger charge is 2.33. The van der Waals surface area contributed by atoms with Crippen LogP contribution in [-0.4, -0.2) is 23.8 Å². The Morgan fingerprint density at radius 2 is 2.10 bits per heavy atom. The van der Waals surface area contributed by atoms with E-state index in [0.717, 1.165) is 13.0 Å². The number of aliphatic hydroxyl groups excluding tert-OH is 1. The second kappa shape index (κ2) is 3.07. The first-order chi connectivity index (χ1) is 4.36. The van der Waals surface area contributed by atoms with E-state index in [1.165, 1.54) is 12.8 Å². The molecule has 1 aliphatic carbocycles. The SMILES string of the molecule is Cl.O[C@H]1C[C@@H]2CC[C@H]1CN2. The van der Waals surface area contributed by atoms with E-state index < -0.39 is 0 Å². The molecule has 0 amide bonds. The summed E-state index contributed by atoms with van der Waals surface area (Å²) in [7, 11) is 0. The molecule has 0 aromatic carbocycles. The maximum absolute atomic E-state index is 9.36. The fourth-order valence-corrected chi connectivity index (χ4v) is 1.95. The van der Waals surface area contributed by atoms with Crippen LogP contribution in [-0.2, 0) is 0 Å². The lowest BCUT2D eigenvalue weighted by Crippen LogP contribution is -2.51. The van der Waals surface area contributed by atoms with Gasteiger partial charge >= 0.3 is 0 Å². The lowest BCUT2D eigenvalue weighted by molar-refractivity contribution is 0.0228. The molecule has 2 nitrogen and oxygen atoms in total. The van der Waals surface area contributed by atoms with Gasteiger partial charge in [-0.2, -0.15) is 0 Å². The van der Waals surface area contributed by atoms with Crippen LogP contribution in [0.3, 0.4) is 0 Å². The molecule has 2 N–H and O–H groups in total. The van der Waals surface area contributed by atoms with Crippen molar-refractivity contribution < 1.29 is 5.11 Å². The number of rotatable bonds is 0. The Morgan fingerprint density at radius 1 is 1.30 bits per heavy atom. The van der Waals surface area contributed by atoms with Crippen molar-refractivity contribution in [1.29, 1.82) is 0 Å². The summed E-state index contributed by atoms with van der Waals surface area (Å²) in [5.41, 5.74) is 0. The quantitative estimate of drug-likeness (QED) is 0.547. The maximum atomic E-state index is 9.36. The maximum Gasteiger partial charge on any atom is 0.0595 e. The molecule has 0 radical (unpaired) electrons. The average Bonchev–Trinajstić information content (AvgIpc) is 1.90. The van der Waals surface area contributed by atoms with Gasteiger partial charge in [0.15, 0.2) is 0 Å². The van der Waals surface area contributed by atoms with Crippen LogP contribution in [0.25, 0.3) is 0 Å². The van der Waals surface area contributed by atoms with Crippen molar-refractivity contribution in [2.75, 3.05) is 6.54 Å². The van der Waals surface area contributed by atoms with Crippen molar-refractivity contribution in [2.24, 2.45) is 5.92 Å². The lowest BCUT2D eigenvalue weighted by Gasteiger charge is -2.40. The molecule has 3 heteroatoms. The topological polar surface area (TPSA) is 32.3 Å². The number of nitrogens with one attached hydrogen (secondary N) is 1.